The Hall–Kier alpha value is -0.860. The van der Waals surface area contributed by atoms with Gasteiger partial charge in [0.15, 0.2) is 0 Å². The van der Waals surface area contributed by atoms with Crippen LogP contribution in [0.3, 0.4) is 0 Å². The molecule has 0 heterocycles. The number of carbonyl (C=O) groups excluding carboxylic acids is 1. The van der Waals surface area contributed by atoms with E-state index in [1.165, 1.54) is 19.3 Å². The minimum Gasteiger partial charge on any atom is -0.481 e. The maximum Gasteiger partial charge on any atom is 0.306 e. The van der Waals surface area contributed by atoms with E-state index in [-0.39, 0.29) is 17.8 Å². The molecule has 0 saturated heterocycles. The first-order valence-electron chi connectivity index (χ1n) is 6.95. The van der Waals surface area contributed by atoms with Crippen molar-refractivity contribution in [2.45, 2.75) is 44.9 Å². The Morgan fingerprint density at radius 2 is 1.71 bits per heavy atom. The van der Waals surface area contributed by atoms with Crippen molar-refractivity contribution in [1.82, 2.24) is 0 Å². The first-order valence-corrected chi connectivity index (χ1v) is 6.95. The smallest absolute Gasteiger partial charge is 0.306 e. The number of aliphatic carboxylic acids is 1. The van der Waals surface area contributed by atoms with Crippen LogP contribution in [0, 0.1) is 29.6 Å². The molecule has 5 unspecified atom stereocenters. The van der Waals surface area contributed by atoms with E-state index in [1.807, 2.05) is 0 Å². The van der Waals surface area contributed by atoms with Crippen LogP contribution in [0.1, 0.15) is 44.9 Å². The van der Waals surface area contributed by atoms with E-state index in [0.29, 0.717) is 24.0 Å². The van der Waals surface area contributed by atoms with Gasteiger partial charge in [0.05, 0.1) is 5.92 Å². The normalized spacial score (nSPS) is 45.2. The zero-order valence-electron chi connectivity index (χ0n) is 10.1. The predicted molar refractivity (Wildman–Crippen MR) is 62.4 cm³/mol. The fourth-order valence-corrected chi connectivity index (χ4v) is 4.56. The highest BCUT2D eigenvalue weighted by molar-refractivity contribution is 5.87. The van der Waals surface area contributed by atoms with E-state index in [9.17, 15) is 9.59 Å². The fourth-order valence-electron chi connectivity index (χ4n) is 4.56. The second kappa shape index (κ2) is 4.11. The molecule has 0 bridgehead atoms. The molecule has 17 heavy (non-hydrogen) atoms. The van der Waals surface area contributed by atoms with Crippen molar-refractivity contribution in [3.05, 3.63) is 0 Å². The average molecular weight is 236 g/mol. The molecule has 3 saturated carbocycles. The Labute approximate surface area is 102 Å². The third-order valence-electron chi connectivity index (χ3n) is 5.35. The van der Waals surface area contributed by atoms with Gasteiger partial charge < -0.3 is 5.11 Å². The molecule has 3 fully saturated rings. The van der Waals surface area contributed by atoms with Gasteiger partial charge in [0, 0.05) is 11.8 Å². The molecule has 3 heteroatoms. The Morgan fingerprint density at radius 1 is 1.00 bits per heavy atom. The van der Waals surface area contributed by atoms with Gasteiger partial charge in [-0.3, -0.25) is 9.59 Å². The monoisotopic (exact) mass is 236 g/mol. The zero-order chi connectivity index (χ0) is 12.0. The molecule has 0 aromatic heterocycles. The van der Waals surface area contributed by atoms with Crippen LogP contribution in [0.5, 0.6) is 0 Å². The predicted octanol–water partition coefficient (Wildman–Crippen LogP) is 2.49. The summed E-state index contributed by atoms with van der Waals surface area (Å²) < 4.78 is 0. The lowest BCUT2D eigenvalue weighted by atomic mass is 9.71. The van der Waals surface area contributed by atoms with Crippen LogP contribution in [0.25, 0.3) is 0 Å². The van der Waals surface area contributed by atoms with Gasteiger partial charge in [-0.1, -0.05) is 12.8 Å². The number of carbonyl (C=O) groups is 2. The highest BCUT2D eigenvalue weighted by Crippen LogP contribution is 2.53. The van der Waals surface area contributed by atoms with Crippen LogP contribution in [-0.2, 0) is 9.59 Å². The molecule has 3 rings (SSSR count). The van der Waals surface area contributed by atoms with Crippen molar-refractivity contribution in [1.29, 1.82) is 0 Å². The lowest BCUT2D eigenvalue weighted by Crippen LogP contribution is -2.30. The van der Waals surface area contributed by atoms with Gasteiger partial charge in [-0.25, -0.2) is 0 Å². The van der Waals surface area contributed by atoms with Gasteiger partial charge in [0.25, 0.3) is 0 Å². The van der Waals surface area contributed by atoms with Crippen molar-refractivity contribution >= 4 is 11.8 Å². The van der Waals surface area contributed by atoms with Gasteiger partial charge in [-0.2, -0.15) is 0 Å². The molecule has 94 valence electrons. The number of hydrogen-bond donors (Lipinski definition) is 1. The van der Waals surface area contributed by atoms with Crippen molar-refractivity contribution in [3.8, 4) is 0 Å². The van der Waals surface area contributed by atoms with Crippen LogP contribution in [-0.4, -0.2) is 16.9 Å². The van der Waals surface area contributed by atoms with E-state index in [4.69, 9.17) is 5.11 Å². The number of carboxylic acid groups (broad SMARTS) is 1. The molecule has 0 aliphatic heterocycles. The number of fused-ring (bicyclic) bond motifs is 3. The fraction of sp³-hybridized carbons (Fsp3) is 0.857. The standard InChI is InChI=1S/C14H20O3/c15-13-11-4-2-1-3-9(11)10-6-5-8(14(16)17)7-12(10)13/h8-12H,1-7H2,(H,16,17). The maximum absolute atomic E-state index is 12.3. The number of Topliss-reactive ketones (excluding diaryl/α,β-unsaturated/α-hetero) is 1. The molecule has 5 atom stereocenters. The second-order valence-electron chi connectivity index (χ2n) is 6.08. The summed E-state index contributed by atoms with van der Waals surface area (Å²) in [6.45, 7) is 0. The Kier molecular flexibility index (Phi) is 2.72. The molecule has 3 aliphatic carbocycles. The molecule has 3 aliphatic rings. The summed E-state index contributed by atoms with van der Waals surface area (Å²) in [6, 6.07) is 0. The summed E-state index contributed by atoms with van der Waals surface area (Å²) in [4.78, 5) is 23.4. The molecule has 1 N–H and O–H groups in total. The van der Waals surface area contributed by atoms with Crippen molar-refractivity contribution in [2.24, 2.45) is 29.6 Å². The molecule has 3 nitrogen and oxygen atoms in total. The third-order valence-corrected chi connectivity index (χ3v) is 5.35. The molecule has 0 spiro atoms. The molecule has 0 aromatic carbocycles. The first kappa shape index (κ1) is 11.2. The van der Waals surface area contributed by atoms with Gasteiger partial charge in [0.1, 0.15) is 5.78 Å². The summed E-state index contributed by atoms with van der Waals surface area (Å²) in [5, 5.41) is 9.09. The summed E-state index contributed by atoms with van der Waals surface area (Å²) >= 11 is 0. The van der Waals surface area contributed by atoms with E-state index in [1.54, 1.807) is 0 Å². The lowest BCUT2D eigenvalue weighted by molar-refractivity contribution is -0.144. The highest BCUT2D eigenvalue weighted by atomic mass is 16.4. The van der Waals surface area contributed by atoms with Gasteiger partial charge >= 0.3 is 5.97 Å². The second-order valence-corrected chi connectivity index (χ2v) is 6.08. The minimum absolute atomic E-state index is 0.0814. The summed E-state index contributed by atoms with van der Waals surface area (Å²) in [7, 11) is 0. The molecular weight excluding hydrogens is 216 g/mol. The van der Waals surface area contributed by atoms with E-state index < -0.39 is 5.97 Å². The molecule has 0 radical (unpaired) electrons. The average Bonchev–Trinajstić information content (AvgIpc) is 2.64. The number of rotatable bonds is 1. The molecule has 0 aromatic rings. The number of carboxylic acids is 1. The lowest BCUT2D eigenvalue weighted by Gasteiger charge is -2.33. The van der Waals surface area contributed by atoms with Crippen LogP contribution < -0.4 is 0 Å². The minimum atomic E-state index is -0.703. The topological polar surface area (TPSA) is 54.4 Å². The van der Waals surface area contributed by atoms with E-state index >= 15 is 0 Å². The molecule has 0 amide bonds. The van der Waals surface area contributed by atoms with Crippen molar-refractivity contribution in [3.63, 3.8) is 0 Å². The SMILES string of the molecule is O=C(O)C1CCC2C(C1)C(=O)C1CCCCC12. The quantitative estimate of drug-likeness (QED) is 0.761. The van der Waals surface area contributed by atoms with Crippen LogP contribution >= 0.6 is 0 Å². The largest absolute Gasteiger partial charge is 0.481 e. The maximum atomic E-state index is 12.3. The number of hydrogen-bond acceptors (Lipinski definition) is 2. The Morgan fingerprint density at radius 3 is 2.47 bits per heavy atom. The summed E-state index contributed by atoms with van der Waals surface area (Å²) in [5.41, 5.74) is 0. The van der Waals surface area contributed by atoms with Crippen LogP contribution in [0.2, 0.25) is 0 Å². The van der Waals surface area contributed by atoms with Gasteiger partial charge in [-0.05, 0) is 43.9 Å². The van der Waals surface area contributed by atoms with Gasteiger partial charge in [0.2, 0.25) is 0 Å². The summed E-state index contributed by atoms with van der Waals surface area (Å²) in [6.07, 6.45) is 7.09. The van der Waals surface area contributed by atoms with Crippen LogP contribution in [0.4, 0.5) is 0 Å². The van der Waals surface area contributed by atoms with E-state index in [0.717, 1.165) is 19.3 Å². The Balaban J connectivity index is 1.80. The van der Waals surface area contributed by atoms with Gasteiger partial charge in [-0.15, -0.1) is 0 Å². The zero-order valence-corrected chi connectivity index (χ0v) is 10.1. The van der Waals surface area contributed by atoms with Crippen molar-refractivity contribution in [2.75, 3.05) is 0 Å². The third kappa shape index (κ3) is 1.71. The highest BCUT2D eigenvalue weighted by Gasteiger charge is 2.52. The first-order chi connectivity index (χ1) is 8.18. The Bertz CT molecular complexity index is 349. The van der Waals surface area contributed by atoms with Crippen LogP contribution in [0.15, 0.2) is 0 Å². The van der Waals surface area contributed by atoms with Crippen molar-refractivity contribution < 1.29 is 14.7 Å². The number of ketones is 1. The molecular formula is C14H20O3. The van der Waals surface area contributed by atoms with E-state index in [2.05, 4.69) is 0 Å². The summed E-state index contributed by atoms with van der Waals surface area (Å²) in [5.74, 6) is 0.917.